The number of aryl methyl sites for hydroxylation is 2. The van der Waals surface area contributed by atoms with E-state index in [2.05, 4.69) is 244 Å². The maximum Gasteiger partial charge on any atom is 0.215 e. The van der Waals surface area contributed by atoms with Crippen LogP contribution in [0.25, 0.3) is 5.57 Å². The first kappa shape index (κ1) is 49.4. The molecular weight excluding hydrogens is 805 g/mol. The number of benzene rings is 5. The van der Waals surface area contributed by atoms with Gasteiger partial charge in [0, 0.05) is 116 Å². The van der Waals surface area contributed by atoms with Crippen molar-refractivity contribution < 1.29 is 4.58 Å². The van der Waals surface area contributed by atoms with Crippen LogP contribution in [0.3, 0.4) is 0 Å². The van der Waals surface area contributed by atoms with Gasteiger partial charge in [-0.1, -0.05) is 42.5 Å². The maximum absolute atomic E-state index is 3.47. The van der Waals surface area contributed by atoms with E-state index in [1.165, 1.54) is 66.9 Å². The number of rotatable bonds is 17. The zero-order chi connectivity index (χ0) is 47.0. The maximum atomic E-state index is 3.47. The first-order valence-electron chi connectivity index (χ1n) is 24.9. The Bertz CT molecular complexity index is 2500. The standard InChI is InChI=1S/C39H49N4.C21H28N2/c1-7-41(8-2)35-22-17-31(18-23-35)39(32-19-24-36(25-20-32)42(9-3)10-4)34-21-26-38-33(29-34)16-15-30-13-11-12-14-37(30)43(38)28-27-40(5)6;1-5-22(6-2)20-13-9-18(10-14-20)17-19-11-15-21(16-12-19)23(7-3)8-4/h11-14,17-26,29H,7-10,15-16,27-28H2,1-6H3;9-16H,5-8H2,1-4H3/q+1;+2. The van der Waals surface area contributed by atoms with Gasteiger partial charge in [-0.25, -0.2) is 4.58 Å². The van der Waals surface area contributed by atoms with E-state index in [-0.39, 0.29) is 0 Å². The van der Waals surface area contributed by atoms with Crippen molar-refractivity contribution in [2.75, 3.05) is 94.2 Å². The summed E-state index contributed by atoms with van der Waals surface area (Å²) in [5.74, 6) is 0. The van der Waals surface area contributed by atoms with Crippen molar-refractivity contribution in [1.29, 1.82) is 0 Å². The summed E-state index contributed by atoms with van der Waals surface area (Å²) in [6, 6.07) is 43.2. The number of allylic oxidation sites excluding steroid dienone is 5. The Kier molecular flexibility index (Phi) is 18.3. The lowest BCUT2D eigenvalue weighted by Gasteiger charge is -2.22. The topological polar surface area (TPSA) is 19.0 Å². The Hall–Kier alpha value is -6.07. The van der Waals surface area contributed by atoms with E-state index in [9.17, 15) is 0 Å². The van der Waals surface area contributed by atoms with Gasteiger partial charge >= 0.3 is 0 Å². The predicted octanol–water partition coefficient (Wildman–Crippen LogP) is 10.3. The lowest BCUT2D eigenvalue weighted by atomic mass is 9.93. The summed E-state index contributed by atoms with van der Waals surface area (Å²) >= 11 is 0. The molecule has 1 heterocycles. The molecule has 66 heavy (non-hydrogen) atoms. The van der Waals surface area contributed by atoms with Gasteiger partial charge in [-0.2, -0.15) is 4.58 Å². The smallest absolute Gasteiger partial charge is 0.215 e. The molecule has 344 valence electrons. The molecule has 1 aliphatic carbocycles. The fraction of sp³-hybridized carbons (Fsp3) is 0.367. The van der Waals surface area contributed by atoms with Gasteiger partial charge < -0.3 is 19.6 Å². The molecular formula is C60H77N6+3. The number of nitrogens with zero attached hydrogens (tertiary/aromatic N) is 6. The number of para-hydroxylation sites is 1. The Morgan fingerprint density at radius 3 is 1.52 bits per heavy atom. The van der Waals surface area contributed by atoms with Gasteiger partial charge in [-0.15, -0.1) is 0 Å². The average molecular weight is 882 g/mol. The van der Waals surface area contributed by atoms with Gasteiger partial charge in [0.1, 0.15) is 24.2 Å². The monoisotopic (exact) mass is 882 g/mol. The van der Waals surface area contributed by atoms with E-state index in [0.717, 1.165) is 89.4 Å². The van der Waals surface area contributed by atoms with Crippen LogP contribution in [0.5, 0.6) is 0 Å². The minimum Gasteiger partial charge on any atom is -0.372 e. The second-order valence-corrected chi connectivity index (χ2v) is 17.3. The molecule has 0 N–H and O–H groups in total. The van der Waals surface area contributed by atoms with Crippen LogP contribution in [-0.2, 0) is 12.8 Å². The van der Waals surface area contributed by atoms with Crippen molar-refractivity contribution in [2.24, 2.45) is 0 Å². The van der Waals surface area contributed by atoms with Crippen LogP contribution in [0.1, 0.15) is 83.2 Å². The van der Waals surface area contributed by atoms with Crippen LogP contribution in [0.4, 0.5) is 22.7 Å². The zero-order valence-corrected chi connectivity index (χ0v) is 41.9. The first-order valence-corrected chi connectivity index (χ1v) is 24.9. The SMILES string of the molecule is CCN(CC)c1ccc(C(c2ccc(N(CC)CC)cc2)=c2ccc3c(c2)CCc2ccccc2[N+]=3CCN(C)C)cc1.CCN(CC)c1ccc([C+]=C2C=CC(=[N+](CC)CC)C=C2)cc1. The van der Waals surface area contributed by atoms with E-state index >= 15 is 0 Å². The summed E-state index contributed by atoms with van der Waals surface area (Å²) in [7, 11) is 4.32. The summed E-state index contributed by atoms with van der Waals surface area (Å²) in [6.45, 7) is 27.8. The number of hydrogen-bond acceptors (Lipinski definition) is 4. The van der Waals surface area contributed by atoms with Gasteiger partial charge in [-0.05, 0) is 153 Å². The third-order valence-electron chi connectivity index (χ3n) is 13.2. The van der Waals surface area contributed by atoms with E-state index in [1.54, 1.807) is 0 Å². The molecule has 0 bridgehead atoms. The number of anilines is 3. The third-order valence-corrected chi connectivity index (χ3v) is 13.2. The molecule has 7 rings (SSSR count). The van der Waals surface area contributed by atoms with Crippen LogP contribution in [0.2, 0.25) is 0 Å². The molecule has 6 nitrogen and oxygen atoms in total. The van der Waals surface area contributed by atoms with Gasteiger partial charge in [-0.3, -0.25) is 0 Å². The minimum absolute atomic E-state index is 0.965. The molecule has 1 aliphatic heterocycles. The summed E-state index contributed by atoms with van der Waals surface area (Å²) in [4.78, 5) is 9.44. The summed E-state index contributed by atoms with van der Waals surface area (Å²) in [5.41, 5.74) is 15.4. The van der Waals surface area contributed by atoms with Gasteiger partial charge in [0.2, 0.25) is 16.8 Å². The highest BCUT2D eigenvalue weighted by atomic mass is 15.1. The Balaban J connectivity index is 0.000000264. The number of fused-ring (bicyclic) bond motifs is 2. The van der Waals surface area contributed by atoms with Gasteiger partial charge in [0.25, 0.3) is 0 Å². The normalized spacial score (nSPS) is 12.7. The Morgan fingerprint density at radius 1 is 0.545 bits per heavy atom. The third kappa shape index (κ3) is 12.2. The zero-order valence-electron chi connectivity index (χ0n) is 41.9. The van der Waals surface area contributed by atoms with Crippen LogP contribution in [0.15, 0.2) is 145 Å². The fourth-order valence-electron chi connectivity index (χ4n) is 9.34. The summed E-state index contributed by atoms with van der Waals surface area (Å²) in [6.07, 6.45) is 14.2. The highest BCUT2D eigenvalue weighted by Gasteiger charge is 2.22. The molecule has 0 aromatic heterocycles. The van der Waals surface area contributed by atoms with E-state index in [1.807, 2.05) is 0 Å². The minimum atomic E-state index is 0.965. The second-order valence-electron chi connectivity index (χ2n) is 17.3. The van der Waals surface area contributed by atoms with E-state index < -0.39 is 0 Å². The molecule has 0 fully saturated rings. The van der Waals surface area contributed by atoms with E-state index in [0.29, 0.717) is 0 Å². The molecule has 0 spiro atoms. The van der Waals surface area contributed by atoms with Crippen molar-refractivity contribution in [1.82, 2.24) is 9.48 Å². The van der Waals surface area contributed by atoms with Gasteiger partial charge in [0.05, 0.1) is 12.2 Å². The molecule has 0 saturated heterocycles. The molecule has 5 aromatic rings. The average Bonchev–Trinajstić information content (AvgIpc) is 3.51. The number of likely N-dealkylation sites (N-methyl/N-ethyl adjacent to an activating group) is 1. The molecule has 6 heteroatoms. The fourth-order valence-corrected chi connectivity index (χ4v) is 9.34. The quantitative estimate of drug-likeness (QED) is 0.0684. The molecule has 2 aliphatic rings. The number of hydrogen-bond donors (Lipinski definition) is 0. The van der Waals surface area contributed by atoms with Crippen molar-refractivity contribution in [3.63, 3.8) is 0 Å². The van der Waals surface area contributed by atoms with Crippen molar-refractivity contribution in [3.8, 4) is 0 Å². The first-order chi connectivity index (χ1) is 32.2. The molecule has 5 aromatic carbocycles. The Labute approximate surface area is 398 Å². The lowest BCUT2D eigenvalue weighted by Crippen LogP contribution is -2.34. The molecule has 0 radical (unpaired) electrons. The van der Waals surface area contributed by atoms with Crippen molar-refractivity contribution >= 4 is 34.0 Å². The largest absolute Gasteiger partial charge is 0.372 e. The van der Waals surface area contributed by atoms with Gasteiger partial charge in [0.15, 0.2) is 6.54 Å². The lowest BCUT2D eigenvalue weighted by molar-refractivity contribution is -0.519. The molecule has 0 unspecified atom stereocenters. The van der Waals surface area contributed by atoms with Crippen molar-refractivity contribution in [3.05, 3.63) is 190 Å². The summed E-state index contributed by atoms with van der Waals surface area (Å²) < 4.78 is 4.89. The summed E-state index contributed by atoms with van der Waals surface area (Å²) in [5, 5.41) is 2.62. The molecule has 0 atom stereocenters. The van der Waals surface area contributed by atoms with Crippen LogP contribution in [0, 0.1) is 6.08 Å². The van der Waals surface area contributed by atoms with Crippen LogP contribution >= 0.6 is 0 Å². The van der Waals surface area contributed by atoms with Crippen LogP contribution in [-0.4, -0.2) is 94.7 Å². The molecule has 0 saturated carbocycles. The van der Waals surface area contributed by atoms with E-state index in [4.69, 9.17) is 0 Å². The highest BCUT2D eigenvalue weighted by Crippen LogP contribution is 2.27. The van der Waals surface area contributed by atoms with Crippen LogP contribution < -0.4 is 29.9 Å². The molecule has 0 amide bonds. The second kappa shape index (κ2) is 24.5. The van der Waals surface area contributed by atoms with Crippen molar-refractivity contribution in [2.45, 2.75) is 68.2 Å². The Morgan fingerprint density at radius 2 is 1.03 bits per heavy atom. The highest BCUT2D eigenvalue weighted by molar-refractivity contribution is 6.02. The predicted molar refractivity (Wildman–Crippen MR) is 286 cm³/mol.